The van der Waals surface area contributed by atoms with Crippen molar-refractivity contribution < 1.29 is 14.7 Å². The SMILES string of the molecule is CC(C)C(NC(=O)O)C(=O)N1CCC[C@H]1c1ncc(Br)[nH]1. The normalized spacial score (nSPS) is 19.8. The molecular weight excluding hydrogens is 340 g/mol. The van der Waals surface area contributed by atoms with E-state index in [2.05, 4.69) is 31.2 Å². The summed E-state index contributed by atoms with van der Waals surface area (Å²) in [6, 6.07) is -0.859. The molecule has 2 rings (SSSR count). The topological polar surface area (TPSA) is 98.3 Å². The first kappa shape index (κ1) is 15.8. The van der Waals surface area contributed by atoms with Gasteiger partial charge in [0.05, 0.1) is 12.2 Å². The van der Waals surface area contributed by atoms with E-state index < -0.39 is 12.1 Å². The van der Waals surface area contributed by atoms with Gasteiger partial charge in [-0.2, -0.15) is 0 Å². The van der Waals surface area contributed by atoms with Gasteiger partial charge in [-0.15, -0.1) is 0 Å². The van der Waals surface area contributed by atoms with Gasteiger partial charge in [0.2, 0.25) is 5.91 Å². The molecule has 21 heavy (non-hydrogen) atoms. The van der Waals surface area contributed by atoms with Crippen molar-refractivity contribution in [1.82, 2.24) is 20.2 Å². The van der Waals surface area contributed by atoms with Crippen molar-refractivity contribution in [2.45, 2.75) is 38.8 Å². The zero-order valence-corrected chi connectivity index (χ0v) is 13.6. The highest BCUT2D eigenvalue weighted by Gasteiger charge is 2.37. The molecule has 116 valence electrons. The number of aromatic amines is 1. The van der Waals surface area contributed by atoms with Crippen LogP contribution < -0.4 is 5.32 Å². The lowest BCUT2D eigenvalue weighted by atomic mass is 10.0. The first-order valence-electron chi connectivity index (χ1n) is 6.90. The predicted molar refractivity (Wildman–Crippen MR) is 79.8 cm³/mol. The Bertz CT molecular complexity index is 531. The van der Waals surface area contributed by atoms with Crippen LogP contribution >= 0.6 is 15.9 Å². The van der Waals surface area contributed by atoms with Crippen LogP contribution in [0, 0.1) is 5.92 Å². The monoisotopic (exact) mass is 358 g/mol. The molecule has 1 aromatic heterocycles. The maximum Gasteiger partial charge on any atom is 0.405 e. The Hall–Kier alpha value is -1.57. The first-order valence-corrected chi connectivity index (χ1v) is 7.69. The molecule has 1 aromatic rings. The van der Waals surface area contributed by atoms with Crippen LogP contribution in [-0.2, 0) is 4.79 Å². The molecule has 2 heterocycles. The zero-order chi connectivity index (χ0) is 15.6. The molecule has 1 unspecified atom stereocenters. The number of halogens is 1. The van der Waals surface area contributed by atoms with E-state index in [0.29, 0.717) is 6.54 Å². The summed E-state index contributed by atoms with van der Waals surface area (Å²) >= 11 is 3.31. The number of amides is 2. The Labute approximate surface area is 131 Å². The molecule has 0 bridgehead atoms. The fourth-order valence-electron chi connectivity index (χ4n) is 2.62. The van der Waals surface area contributed by atoms with Crippen LogP contribution in [0.15, 0.2) is 10.8 Å². The molecule has 2 atom stereocenters. The molecule has 3 N–H and O–H groups in total. The largest absolute Gasteiger partial charge is 0.465 e. The summed E-state index contributed by atoms with van der Waals surface area (Å²) in [7, 11) is 0. The summed E-state index contributed by atoms with van der Waals surface area (Å²) in [6.45, 7) is 4.27. The third-order valence-corrected chi connectivity index (χ3v) is 4.03. The smallest absolute Gasteiger partial charge is 0.405 e. The van der Waals surface area contributed by atoms with Crippen LogP contribution in [-0.4, -0.2) is 44.6 Å². The number of imidazole rings is 1. The van der Waals surface area contributed by atoms with Gasteiger partial charge in [-0.25, -0.2) is 9.78 Å². The van der Waals surface area contributed by atoms with Crippen molar-refractivity contribution in [3.8, 4) is 0 Å². The maximum absolute atomic E-state index is 12.7. The van der Waals surface area contributed by atoms with E-state index in [1.54, 1.807) is 11.1 Å². The van der Waals surface area contributed by atoms with Crippen LogP contribution in [0.1, 0.15) is 38.6 Å². The second kappa shape index (κ2) is 6.46. The fraction of sp³-hybridized carbons (Fsp3) is 0.615. The molecule has 0 spiro atoms. The van der Waals surface area contributed by atoms with E-state index in [1.807, 2.05) is 13.8 Å². The van der Waals surface area contributed by atoms with Crippen molar-refractivity contribution in [1.29, 1.82) is 0 Å². The van der Waals surface area contributed by atoms with E-state index in [4.69, 9.17) is 5.11 Å². The molecule has 8 heteroatoms. The van der Waals surface area contributed by atoms with Crippen molar-refractivity contribution in [3.63, 3.8) is 0 Å². The van der Waals surface area contributed by atoms with Crippen molar-refractivity contribution in [2.24, 2.45) is 5.92 Å². The summed E-state index contributed by atoms with van der Waals surface area (Å²) in [5.74, 6) is 0.422. The zero-order valence-electron chi connectivity index (χ0n) is 12.0. The Morgan fingerprint density at radius 3 is 2.81 bits per heavy atom. The van der Waals surface area contributed by atoms with E-state index in [9.17, 15) is 9.59 Å². The summed E-state index contributed by atoms with van der Waals surface area (Å²) < 4.78 is 0.765. The van der Waals surface area contributed by atoms with Crippen molar-refractivity contribution in [2.75, 3.05) is 6.54 Å². The van der Waals surface area contributed by atoms with E-state index >= 15 is 0 Å². The summed E-state index contributed by atoms with van der Waals surface area (Å²) in [5.41, 5.74) is 0. The Balaban J connectivity index is 2.17. The van der Waals surface area contributed by atoms with Gasteiger partial charge < -0.3 is 20.3 Å². The van der Waals surface area contributed by atoms with Gasteiger partial charge in [-0.05, 0) is 34.7 Å². The minimum absolute atomic E-state index is 0.113. The number of hydrogen-bond donors (Lipinski definition) is 3. The van der Waals surface area contributed by atoms with Gasteiger partial charge in [0.1, 0.15) is 16.5 Å². The quantitative estimate of drug-likeness (QED) is 0.767. The molecule has 1 fully saturated rings. The number of rotatable bonds is 4. The Kier molecular flexibility index (Phi) is 4.87. The van der Waals surface area contributed by atoms with Gasteiger partial charge in [0.15, 0.2) is 0 Å². The third-order valence-electron chi connectivity index (χ3n) is 3.63. The first-order chi connectivity index (χ1) is 9.90. The highest BCUT2D eigenvalue weighted by atomic mass is 79.9. The number of carbonyl (C=O) groups is 2. The van der Waals surface area contributed by atoms with Gasteiger partial charge in [0.25, 0.3) is 0 Å². The number of aromatic nitrogens is 2. The molecule has 0 aliphatic carbocycles. The second-order valence-corrected chi connectivity index (χ2v) is 6.33. The molecule has 0 radical (unpaired) electrons. The van der Waals surface area contributed by atoms with E-state index in [-0.39, 0.29) is 17.9 Å². The lowest BCUT2D eigenvalue weighted by molar-refractivity contribution is -0.135. The summed E-state index contributed by atoms with van der Waals surface area (Å²) in [5, 5.41) is 11.2. The number of hydrogen-bond acceptors (Lipinski definition) is 3. The van der Waals surface area contributed by atoms with Crippen LogP contribution in [0.4, 0.5) is 4.79 Å². The maximum atomic E-state index is 12.7. The fourth-order valence-corrected chi connectivity index (χ4v) is 2.93. The third kappa shape index (κ3) is 3.55. The van der Waals surface area contributed by atoms with Crippen LogP contribution in [0.2, 0.25) is 0 Å². The van der Waals surface area contributed by atoms with Crippen LogP contribution in [0.5, 0.6) is 0 Å². The van der Waals surface area contributed by atoms with Gasteiger partial charge in [0, 0.05) is 6.54 Å². The lowest BCUT2D eigenvalue weighted by Crippen LogP contribution is -2.50. The van der Waals surface area contributed by atoms with Crippen molar-refractivity contribution in [3.05, 3.63) is 16.6 Å². The second-order valence-electron chi connectivity index (χ2n) is 5.48. The standard InChI is InChI=1S/C13H19BrN4O3/c1-7(2)10(17-13(20)21)12(19)18-5-3-4-8(18)11-15-6-9(14)16-11/h6-8,10,17H,3-5H2,1-2H3,(H,15,16)(H,20,21)/t8-,10?/m0/s1. The minimum atomic E-state index is -1.18. The van der Waals surface area contributed by atoms with Crippen LogP contribution in [0.25, 0.3) is 0 Å². The molecule has 1 aliphatic heterocycles. The number of H-pyrrole nitrogens is 1. The number of carbonyl (C=O) groups excluding carboxylic acids is 1. The molecule has 7 nitrogen and oxygen atoms in total. The number of likely N-dealkylation sites (tertiary alicyclic amines) is 1. The highest BCUT2D eigenvalue weighted by Crippen LogP contribution is 2.31. The minimum Gasteiger partial charge on any atom is -0.465 e. The Morgan fingerprint density at radius 2 is 2.29 bits per heavy atom. The number of nitrogens with zero attached hydrogens (tertiary/aromatic N) is 2. The highest BCUT2D eigenvalue weighted by molar-refractivity contribution is 9.10. The van der Waals surface area contributed by atoms with Crippen molar-refractivity contribution >= 4 is 27.9 Å². The van der Waals surface area contributed by atoms with E-state index in [1.165, 1.54) is 0 Å². The average Bonchev–Trinajstić information content (AvgIpc) is 3.02. The predicted octanol–water partition coefficient (Wildman–Crippen LogP) is 2.13. The number of carboxylic acid groups (broad SMARTS) is 1. The Morgan fingerprint density at radius 1 is 1.57 bits per heavy atom. The average molecular weight is 359 g/mol. The van der Waals surface area contributed by atoms with Gasteiger partial charge >= 0.3 is 6.09 Å². The van der Waals surface area contributed by atoms with Crippen LogP contribution in [0.3, 0.4) is 0 Å². The summed E-state index contributed by atoms with van der Waals surface area (Å²) in [4.78, 5) is 32.6. The molecule has 1 saturated heterocycles. The lowest BCUT2D eigenvalue weighted by Gasteiger charge is -2.29. The van der Waals surface area contributed by atoms with Gasteiger partial charge in [-0.1, -0.05) is 13.8 Å². The number of nitrogens with one attached hydrogen (secondary N) is 2. The molecule has 2 amide bonds. The molecule has 0 aromatic carbocycles. The molecular formula is C13H19BrN4O3. The summed E-state index contributed by atoms with van der Waals surface area (Å²) in [6.07, 6.45) is 2.18. The molecule has 1 aliphatic rings. The van der Waals surface area contributed by atoms with Gasteiger partial charge in [-0.3, -0.25) is 4.79 Å². The molecule has 0 saturated carbocycles. The van der Waals surface area contributed by atoms with E-state index in [0.717, 1.165) is 23.3 Å².